The SMILES string of the molecule is FC(F)(F)C(I)=CC(F)(F)C(F)(F)C(F)(F)F. The summed E-state index contributed by atoms with van der Waals surface area (Å²) in [6.45, 7) is 0. The first-order valence-corrected chi connectivity index (χ1v) is 4.48. The van der Waals surface area contributed by atoms with Gasteiger partial charge in [-0.05, 0) is 22.6 Å². The van der Waals surface area contributed by atoms with Crippen LogP contribution in [0.25, 0.3) is 0 Å². The van der Waals surface area contributed by atoms with Crippen molar-refractivity contribution in [1.82, 2.24) is 0 Å². The van der Waals surface area contributed by atoms with Crippen LogP contribution in [0.4, 0.5) is 43.9 Å². The molecule has 0 aliphatic carbocycles. The van der Waals surface area contributed by atoms with Gasteiger partial charge in [0.05, 0.1) is 3.58 Å². The summed E-state index contributed by atoms with van der Waals surface area (Å²) in [5, 5.41) is 0. The van der Waals surface area contributed by atoms with Crippen LogP contribution in [0.5, 0.6) is 0 Å². The fourth-order valence-corrected chi connectivity index (χ4v) is 0.912. The molecular formula is C6HF10I. The van der Waals surface area contributed by atoms with Crippen molar-refractivity contribution in [1.29, 1.82) is 0 Å². The van der Waals surface area contributed by atoms with E-state index in [-0.39, 0.29) is 22.6 Å². The van der Waals surface area contributed by atoms with Gasteiger partial charge in [0, 0.05) is 6.08 Å². The van der Waals surface area contributed by atoms with Gasteiger partial charge in [0.2, 0.25) is 0 Å². The summed E-state index contributed by atoms with van der Waals surface area (Å²) in [7, 11) is 0. The van der Waals surface area contributed by atoms with Crippen LogP contribution in [0.2, 0.25) is 0 Å². The lowest BCUT2D eigenvalue weighted by atomic mass is 10.1. The maximum Gasteiger partial charge on any atom is 0.460 e. The van der Waals surface area contributed by atoms with Gasteiger partial charge in [0.15, 0.2) is 0 Å². The van der Waals surface area contributed by atoms with Gasteiger partial charge in [-0.1, -0.05) is 0 Å². The molecular weight excluding hydrogens is 389 g/mol. The molecule has 0 aliphatic rings. The molecule has 0 spiro atoms. The zero-order valence-corrected chi connectivity index (χ0v) is 9.39. The van der Waals surface area contributed by atoms with Gasteiger partial charge < -0.3 is 0 Å². The molecule has 0 heterocycles. The lowest BCUT2D eigenvalue weighted by Gasteiger charge is -2.26. The van der Waals surface area contributed by atoms with Crippen LogP contribution >= 0.6 is 22.6 Å². The third-order valence-corrected chi connectivity index (χ3v) is 2.28. The molecule has 0 rings (SSSR count). The Hall–Kier alpha value is -0.230. The molecule has 0 fully saturated rings. The monoisotopic (exact) mass is 390 g/mol. The highest BCUT2D eigenvalue weighted by molar-refractivity contribution is 14.1. The van der Waals surface area contributed by atoms with E-state index >= 15 is 0 Å². The molecule has 0 saturated carbocycles. The summed E-state index contributed by atoms with van der Waals surface area (Å²) in [6, 6.07) is 0. The van der Waals surface area contributed by atoms with E-state index in [9.17, 15) is 43.9 Å². The van der Waals surface area contributed by atoms with Crippen molar-refractivity contribution >= 4 is 22.6 Å². The molecule has 11 heteroatoms. The second-order valence-electron chi connectivity index (χ2n) is 2.69. The van der Waals surface area contributed by atoms with Crippen LogP contribution in [0.15, 0.2) is 9.66 Å². The van der Waals surface area contributed by atoms with E-state index in [1.165, 1.54) is 0 Å². The van der Waals surface area contributed by atoms with Gasteiger partial charge in [-0.15, -0.1) is 0 Å². The zero-order chi connectivity index (χ0) is 14.3. The van der Waals surface area contributed by atoms with Crippen molar-refractivity contribution in [2.24, 2.45) is 0 Å². The molecule has 0 unspecified atom stereocenters. The average molecular weight is 390 g/mol. The van der Waals surface area contributed by atoms with Crippen molar-refractivity contribution in [2.45, 2.75) is 24.2 Å². The predicted octanol–water partition coefficient (Wildman–Crippen LogP) is 4.70. The maximum atomic E-state index is 12.4. The van der Waals surface area contributed by atoms with Crippen LogP contribution in [0, 0.1) is 0 Å². The molecule has 0 aromatic heterocycles. The highest BCUT2D eigenvalue weighted by atomic mass is 127. The Bertz CT molecular complexity index is 308. The maximum absolute atomic E-state index is 12.4. The fraction of sp³-hybridized carbons (Fsp3) is 0.667. The van der Waals surface area contributed by atoms with Crippen LogP contribution in [-0.4, -0.2) is 24.2 Å². The van der Waals surface area contributed by atoms with E-state index in [1.54, 1.807) is 0 Å². The van der Waals surface area contributed by atoms with Gasteiger partial charge in [0.1, 0.15) is 0 Å². The molecule has 0 nitrogen and oxygen atoms in total. The molecule has 0 aromatic rings. The molecule has 102 valence electrons. The van der Waals surface area contributed by atoms with Crippen LogP contribution in [0.1, 0.15) is 0 Å². The molecule has 0 bridgehead atoms. The van der Waals surface area contributed by atoms with E-state index in [4.69, 9.17) is 0 Å². The minimum atomic E-state index is -6.66. The first kappa shape index (κ1) is 16.8. The van der Waals surface area contributed by atoms with Crippen LogP contribution < -0.4 is 0 Å². The summed E-state index contributed by atoms with van der Waals surface area (Å²) in [6.07, 6.45) is -13.5. The van der Waals surface area contributed by atoms with Gasteiger partial charge in [-0.25, -0.2) is 0 Å². The molecule has 17 heavy (non-hydrogen) atoms. The van der Waals surface area contributed by atoms with Crippen LogP contribution in [0.3, 0.4) is 0 Å². The Balaban J connectivity index is 5.45. The Morgan fingerprint density at radius 1 is 0.765 bits per heavy atom. The number of halogens is 11. The smallest absolute Gasteiger partial charge is 0.195 e. The van der Waals surface area contributed by atoms with Crippen molar-refractivity contribution in [3.05, 3.63) is 9.66 Å². The number of hydrogen-bond donors (Lipinski definition) is 0. The van der Waals surface area contributed by atoms with Gasteiger partial charge >= 0.3 is 24.2 Å². The molecule has 0 amide bonds. The van der Waals surface area contributed by atoms with Gasteiger partial charge in [0.25, 0.3) is 0 Å². The van der Waals surface area contributed by atoms with E-state index in [0.717, 1.165) is 0 Å². The molecule has 0 radical (unpaired) electrons. The number of alkyl halides is 10. The van der Waals surface area contributed by atoms with E-state index < -0.39 is 33.9 Å². The molecule has 0 atom stereocenters. The first-order chi connectivity index (χ1) is 7.13. The van der Waals surface area contributed by atoms with E-state index in [0.29, 0.717) is 0 Å². The highest BCUT2D eigenvalue weighted by Crippen LogP contribution is 2.48. The zero-order valence-electron chi connectivity index (χ0n) is 7.23. The lowest BCUT2D eigenvalue weighted by Crippen LogP contribution is -2.51. The molecule has 0 saturated heterocycles. The molecule has 0 aliphatic heterocycles. The van der Waals surface area contributed by atoms with Gasteiger partial charge in [-0.2, -0.15) is 43.9 Å². The first-order valence-electron chi connectivity index (χ1n) is 3.41. The topological polar surface area (TPSA) is 0 Å². The Morgan fingerprint density at radius 3 is 1.35 bits per heavy atom. The average Bonchev–Trinajstić information content (AvgIpc) is 1.98. The Kier molecular flexibility index (Phi) is 4.40. The van der Waals surface area contributed by atoms with Crippen molar-refractivity contribution in [3.63, 3.8) is 0 Å². The second kappa shape index (κ2) is 4.46. The summed E-state index contributed by atoms with van der Waals surface area (Å²) >= 11 is 0.197. The largest absolute Gasteiger partial charge is 0.460 e. The van der Waals surface area contributed by atoms with Crippen molar-refractivity contribution < 1.29 is 43.9 Å². The minimum Gasteiger partial charge on any atom is -0.195 e. The van der Waals surface area contributed by atoms with E-state index in [2.05, 4.69) is 0 Å². The third-order valence-electron chi connectivity index (χ3n) is 1.35. The standard InChI is InChI=1S/C6HF10I/c7-3(8,1-2(17)4(9,10)11)5(12,13)6(14,15)16/h1H. The van der Waals surface area contributed by atoms with Crippen molar-refractivity contribution in [2.75, 3.05) is 0 Å². The minimum absolute atomic E-state index is 0.197. The third kappa shape index (κ3) is 3.61. The highest BCUT2D eigenvalue weighted by Gasteiger charge is 2.72. The second-order valence-corrected chi connectivity index (χ2v) is 3.85. The number of rotatable bonds is 2. The van der Waals surface area contributed by atoms with Gasteiger partial charge in [-0.3, -0.25) is 0 Å². The lowest BCUT2D eigenvalue weighted by molar-refractivity contribution is -0.342. The Morgan fingerprint density at radius 2 is 1.12 bits per heavy atom. The van der Waals surface area contributed by atoms with E-state index in [1.807, 2.05) is 0 Å². The quantitative estimate of drug-likeness (QED) is 0.474. The summed E-state index contributed by atoms with van der Waals surface area (Å²) in [5.41, 5.74) is 0. The molecule has 0 aromatic carbocycles. The fourth-order valence-electron chi connectivity index (χ4n) is 0.521. The number of hydrogen-bond acceptors (Lipinski definition) is 0. The Labute approximate surface area is 101 Å². The number of allylic oxidation sites excluding steroid dienone is 2. The predicted molar refractivity (Wildman–Crippen MR) is 44.1 cm³/mol. The van der Waals surface area contributed by atoms with Crippen LogP contribution in [-0.2, 0) is 0 Å². The summed E-state index contributed by atoms with van der Waals surface area (Å²) in [5.74, 6) is -12.6. The summed E-state index contributed by atoms with van der Waals surface area (Å²) < 4.78 is 117. The summed E-state index contributed by atoms with van der Waals surface area (Å²) in [4.78, 5) is 0. The molecule has 0 N–H and O–H groups in total. The van der Waals surface area contributed by atoms with Crippen molar-refractivity contribution in [3.8, 4) is 0 Å². The normalized spacial score (nSPS) is 16.3.